The third-order valence-corrected chi connectivity index (χ3v) is 4.49. The van der Waals surface area contributed by atoms with E-state index in [1.807, 2.05) is 12.1 Å². The Labute approximate surface area is 143 Å². The maximum atomic E-state index is 6.25. The average Bonchev–Trinajstić information content (AvgIpc) is 2.52. The summed E-state index contributed by atoms with van der Waals surface area (Å²) in [6.45, 7) is 1.03. The first-order chi connectivity index (χ1) is 10.6. The number of hydrogen-bond donors (Lipinski definition) is 0. The quantitative estimate of drug-likeness (QED) is 0.648. The molecule has 0 bridgehead atoms. The number of rotatable bonds is 6. The molecular formula is C19H22ClNS. The first kappa shape index (κ1) is 17.1. The van der Waals surface area contributed by atoms with Gasteiger partial charge in [-0.25, -0.2) is 0 Å². The number of hydrogen-bond acceptors (Lipinski definition) is 2. The molecule has 2 rings (SSSR count). The summed E-state index contributed by atoms with van der Waals surface area (Å²) in [4.78, 5) is 3.45. The maximum absolute atomic E-state index is 6.25. The summed E-state index contributed by atoms with van der Waals surface area (Å²) in [5, 5.41) is 0.780. The first-order valence-electron chi connectivity index (χ1n) is 7.36. The molecule has 3 heteroatoms. The number of benzene rings is 2. The highest BCUT2D eigenvalue weighted by molar-refractivity contribution is 7.98. The molecule has 0 N–H and O–H groups in total. The SMILES string of the molecule is CSc1ccc(Cl)cc1C(=CCCN(C)C)c1ccccc1. The molecule has 0 aliphatic carbocycles. The predicted octanol–water partition coefficient (Wildman–Crippen LogP) is 5.45. The largest absolute Gasteiger partial charge is 0.309 e. The van der Waals surface area contributed by atoms with Crippen molar-refractivity contribution in [2.45, 2.75) is 11.3 Å². The average molecular weight is 332 g/mol. The number of thioether (sulfide) groups is 1. The molecule has 0 amide bonds. The molecule has 0 fully saturated rings. The Hall–Kier alpha value is -1.22. The lowest BCUT2D eigenvalue weighted by atomic mass is 9.96. The standard InChI is InChI=1S/C19H22ClNS/c1-21(2)13-7-10-17(15-8-5-4-6-9-15)18-14-16(20)11-12-19(18)22-3/h4-6,8-12,14H,7,13H2,1-3H3. The Morgan fingerprint density at radius 2 is 1.86 bits per heavy atom. The van der Waals surface area contributed by atoms with Crippen molar-refractivity contribution in [2.75, 3.05) is 26.9 Å². The van der Waals surface area contributed by atoms with Gasteiger partial charge in [0.25, 0.3) is 0 Å². The highest BCUT2D eigenvalue weighted by Gasteiger charge is 2.10. The van der Waals surface area contributed by atoms with Crippen molar-refractivity contribution < 1.29 is 0 Å². The van der Waals surface area contributed by atoms with Crippen LogP contribution in [-0.4, -0.2) is 31.8 Å². The lowest BCUT2D eigenvalue weighted by Gasteiger charge is -2.14. The van der Waals surface area contributed by atoms with Crippen molar-refractivity contribution in [3.63, 3.8) is 0 Å². The molecule has 0 radical (unpaired) electrons. The maximum Gasteiger partial charge on any atom is 0.0412 e. The third kappa shape index (κ3) is 4.64. The van der Waals surface area contributed by atoms with Crippen LogP contribution in [0.25, 0.3) is 5.57 Å². The van der Waals surface area contributed by atoms with Crippen LogP contribution in [0.1, 0.15) is 17.5 Å². The fourth-order valence-electron chi connectivity index (χ4n) is 2.36. The minimum atomic E-state index is 0.780. The van der Waals surface area contributed by atoms with Gasteiger partial charge in [0.15, 0.2) is 0 Å². The lowest BCUT2D eigenvalue weighted by molar-refractivity contribution is 0.417. The molecule has 0 aromatic heterocycles. The van der Waals surface area contributed by atoms with Crippen LogP contribution in [0, 0.1) is 0 Å². The monoisotopic (exact) mass is 331 g/mol. The molecule has 1 nitrogen and oxygen atoms in total. The summed E-state index contributed by atoms with van der Waals surface area (Å²) in [6.07, 6.45) is 5.44. The number of halogens is 1. The molecule has 0 aliphatic rings. The van der Waals surface area contributed by atoms with Gasteiger partial charge < -0.3 is 4.90 Å². The van der Waals surface area contributed by atoms with Crippen molar-refractivity contribution in [1.29, 1.82) is 0 Å². The molecule has 0 spiro atoms. The van der Waals surface area contributed by atoms with Crippen LogP contribution >= 0.6 is 23.4 Å². The van der Waals surface area contributed by atoms with Crippen molar-refractivity contribution >= 4 is 28.9 Å². The second-order valence-electron chi connectivity index (χ2n) is 5.42. The van der Waals surface area contributed by atoms with Gasteiger partial charge in [-0.1, -0.05) is 48.0 Å². The van der Waals surface area contributed by atoms with E-state index in [2.05, 4.69) is 67.7 Å². The van der Waals surface area contributed by atoms with Gasteiger partial charge in [-0.3, -0.25) is 0 Å². The summed E-state index contributed by atoms with van der Waals surface area (Å²) >= 11 is 8.00. The summed E-state index contributed by atoms with van der Waals surface area (Å²) in [6, 6.07) is 16.7. The number of nitrogens with zero attached hydrogens (tertiary/aromatic N) is 1. The molecule has 2 aromatic carbocycles. The van der Waals surface area contributed by atoms with Gasteiger partial charge in [-0.2, -0.15) is 0 Å². The molecule has 22 heavy (non-hydrogen) atoms. The van der Waals surface area contributed by atoms with Crippen LogP contribution in [0.2, 0.25) is 5.02 Å². The first-order valence-corrected chi connectivity index (χ1v) is 8.96. The van der Waals surface area contributed by atoms with Crippen LogP contribution < -0.4 is 0 Å². The van der Waals surface area contributed by atoms with Crippen LogP contribution in [0.3, 0.4) is 0 Å². The highest BCUT2D eigenvalue weighted by atomic mass is 35.5. The van der Waals surface area contributed by atoms with Crippen molar-refractivity contribution in [2.24, 2.45) is 0 Å². The van der Waals surface area contributed by atoms with E-state index < -0.39 is 0 Å². The van der Waals surface area contributed by atoms with E-state index in [-0.39, 0.29) is 0 Å². The van der Waals surface area contributed by atoms with E-state index in [0.29, 0.717) is 0 Å². The highest BCUT2D eigenvalue weighted by Crippen LogP contribution is 2.33. The summed E-state index contributed by atoms with van der Waals surface area (Å²) < 4.78 is 0. The Morgan fingerprint density at radius 1 is 1.14 bits per heavy atom. The topological polar surface area (TPSA) is 3.24 Å². The molecule has 0 aliphatic heterocycles. The van der Waals surface area contributed by atoms with Gasteiger partial charge in [0.2, 0.25) is 0 Å². The molecule has 116 valence electrons. The summed E-state index contributed by atoms with van der Waals surface area (Å²) in [7, 11) is 4.20. The van der Waals surface area contributed by atoms with Gasteiger partial charge in [0, 0.05) is 16.5 Å². The lowest BCUT2D eigenvalue weighted by Crippen LogP contribution is -2.12. The summed E-state index contributed by atoms with van der Waals surface area (Å²) in [5.41, 5.74) is 3.71. The van der Waals surface area contributed by atoms with Crippen LogP contribution in [0.5, 0.6) is 0 Å². The molecule has 2 aromatic rings. The van der Waals surface area contributed by atoms with E-state index in [1.165, 1.54) is 21.6 Å². The zero-order valence-electron chi connectivity index (χ0n) is 13.3. The minimum absolute atomic E-state index is 0.780. The minimum Gasteiger partial charge on any atom is -0.309 e. The Morgan fingerprint density at radius 3 is 2.50 bits per heavy atom. The molecule has 0 atom stereocenters. The van der Waals surface area contributed by atoms with Crippen molar-refractivity contribution in [3.8, 4) is 0 Å². The molecular weight excluding hydrogens is 310 g/mol. The van der Waals surface area contributed by atoms with Gasteiger partial charge in [-0.15, -0.1) is 11.8 Å². The predicted molar refractivity (Wildman–Crippen MR) is 99.9 cm³/mol. The third-order valence-electron chi connectivity index (χ3n) is 3.46. The van der Waals surface area contributed by atoms with Crippen molar-refractivity contribution in [1.82, 2.24) is 4.90 Å². The van der Waals surface area contributed by atoms with Crippen LogP contribution in [-0.2, 0) is 0 Å². The van der Waals surface area contributed by atoms with Crippen molar-refractivity contribution in [3.05, 3.63) is 70.8 Å². The Balaban J connectivity index is 2.47. The Bertz CT molecular complexity index is 635. The van der Waals surface area contributed by atoms with Crippen LogP contribution in [0.4, 0.5) is 0 Å². The van der Waals surface area contributed by atoms with E-state index in [1.54, 1.807) is 11.8 Å². The fraction of sp³-hybridized carbons (Fsp3) is 0.263. The second kappa shape index (κ2) is 8.42. The van der Waals surface area contributed by atoms with E-state index in [0.717, 1.165) is 18.0 Å². The molecule has 0 unspecified atom stereocenters. The molecule has 0 saturated carbocycles. The smallest absolute Gasteiger partial charge is 0.0412 e. The molecule has 0 heterocycles. The second-order valence-corrected chi connectivity index (χ2v) is 6.70. The fourth-order valence-corrected chi connectivity index (χ4v) is 3.12. The van der Waals surface area contributed by atoms with Gasteiger partial charge >= 0.3 is 0 Å². The Kier molecular flexibility index (Phi) is 6.56. The van der Waals surface area contributed by atoms with E-state index in [9.17, 15) is 0 Å². The van der Waals surface area contributed by atoms with E-state index in [4.69, 9.17) is 11.6 Å². The van der Waals surface area contributed by atoms with Gasteiger partial charge in [0.1, 0.15) is 0 Å². The summed E-state index contributed by atoms with van der Waals surface area (Å²) in [5.74, 6) is 0. The zero-order chi connectivity index (χ0) is 15.9. The molecule has 0 saturated heterocycles. The van der Waals surface area contributed by atoms with Crippen LogP contribution in [0.15, 0.2) is 59.5 Å². The normalized spacial score (nSPS) is 12.0. The zero-order valence-corrected chi connectivity index (χ0v) is 14.9. The van der Waals surface area contributed by atoms with Gasteiger partial charge in [-0.05, 0) is 61.7 Å². The van der Waals surface area contributed by atoms with Gasteiger partial charge in [0.05, 0.1) is 0 Å². The van der Waals surface area contributed by atoms with E-state index >= 15 is 0 Å².